The van der Waals surface area contributed by atoms with Gasteiger partial charge in [-0.2, -0.15) is 0 Å². The molecule has 1 N–H and O–H groups in total. The van der Waals surface area contributed by atoms with Gasteiger partial charge in [-0.25, -0.2) is 8.78 Å². The van der Waals surface area contributed by atoms with Gasteiger partial charge in [-0.15, -0.1) is 0 Å². The topological polar surface area (TPSA) is 23.5 Å². The fourth-order valence-corrected chi connectivity index (χ4v) is 2.41. The van der Waals surface area contributed by atoms with Crippen molar-refractivity contribution in [3.8, 4) is 0 Å². The van der Waals surface area contributed by atoms with Crippen molar-refractivity contribution in [3.63, 3.8) is 0 Å². The fourth-order valence-electron chi connectivity index (χ4n) is 2.41. The Bertz CT molecular complexity index is 378. The second kappa shape index (κ2) is 5.56. The van der Waals surface area contributed by atoms with Crippen LogP contribution in [0.15, 0.2) is 18.2 Å². The van der Waals surface area contributed by atoms with Gasteiger partial charge in [0.05, 0.1) is 12.6 Å². The highest BCUT2D eigenvalue weighted by Crippen LogP contribution is 2.26. The summed E-state index contributed by atoms with van der Waals surface area (Å²) in [5, 5.41) is 9.42. The average Bonchev–Trinajstić information content (AvgIpc) is 2.36. The van der Waals surface area contributed by atoms with Gasteiger partial charge in [-0.05, 0) is 44.1 Å². The highest BCUT2D eigenvalue weighted by molar-refractivity contribution is 5.22. The Morgan fingerprint density at radius 2 is 1.88 bits per heavy atom. The fraction of sp³-hybridized carbons (Fsp3) is 0.538. The predicted molar refractivity (Wildman–Crippen MR) is 61.6 cm³/mol. The van der Waals surface area contributed by atoms with E-state index >= 15 is 0 Å². The van der Waals surface area contributed by atoms with Crippen LogP contribution < -0.4 is 0 Å². The summed E-state index contributed by atoms with van der Waals surface area (Å²) in [6.07, 6.45) is 3.27. The van der Waals surface area contributed by atoms with Gasteiger partial charge in [0.1, 0.15) is 11.6 Å². The number of halogens is 2. The average molecular weight is 241 g/mol. The van der Waals surface area contributed by atoms with Crippen molar-refractivity contribution in [2.24, 2.45) is 0 Å². The molecular weight excluding hydrogens is 224 g/mol. The first-order chi connectivity index (χ1) is 8.22. The molecular formula is C13H17F2NO. The first-order valence-corrected chi connectivity index (χ1v) is 6.02. The summed E-state index contributed by atoms with van der Waals surface area (Å²) in [7, 11) is 0. The van der Waals surface area contributed by atoms with Crippen LogP contribution >= 0.6 is 0 Å². The van der Waals surface area contributed by atoms with Crippen LogP contribution in [0.5, 0.6) is 0 Å². The minimum Gasteiger partial charge on any atom is -0.394 e. The largest absolute Gasteiger partial charge is 0.394 e. The number of aliphatic hydroxyl groups excluding tert-OH is 1. The van der Waals surface area contributed by atoms with Gasteiger partial charge in [0.25, 0.3) is 0 Å². The Labute approximate surface area is 99.9 Å². The third kappa shape index (κ3) is 2.82. The first-order valence-electron chi connectivity index (χ1n) is 6.02. The number of likely N-dealkylation sites (tertiary alicyclic amines) is 1. The number of benzene rings is 1. The molecule has 0 spiro atoms. The molecule has 0 amide bonds. The molecule has 1 aliphatic heterocycles. The lowest BCUT2D eigenvalue weighted by molar-refractivity contribution is 0.102. The minimum atomic E-state index is -0.461. The van der Waals surface area contributed by atoms with E-state index in [1.165, 1.54) is 12.5 Å². The molecule has 2 rings (SSSR count). The van der Waals surface area contributed by atoms with E-state index in [0.717, 1.165) is 38.1 Å². The Kier molecular flexibility index (Phi) is 4.07. The van der Waals surface area contributed by atoms with Crippen molar-refractivity contribution in [1.82, 2.24) is 4.90 Å². The highest BCUT2D eigenvalue weighted by atomic mass is 19.1. The van der Waals surface area contributed by atoms with Crippen LogP contribution in [0.25, 0.3) is 0 Å². The molecule has 0 bridgehead atoms. The molecule has 1 aromatic rings. The van der Waals surface area contributed by atoms with Crippen LogP contribution in [0.1, 0.15) is 30.9 Å². The number of piperidine rings is 1. The lowest BCUT2D eigenvalue weighted by Crippen LogP contribution is -2.36. The van der Waals surface area contributed by atoms with E-state index in [1.54, 1.807) is 0 Å². The van der Waals surface area contributed by atoms with Crippen LogP contribution in [0, 0.1) is 11.6 Å². The SMILES string of the molecule is OCC(c1cc(F)ccc1F)N1CCCCC1. The summed E-state index contributed by atoms with van der Waals surface area (Å²) in [5.74, 6) is -0.909. The van der Waals surface area contributed by atoms with E-state index in [9.17, 15) is 13.9 Å². The lowest BCUT2D eigenvalue weighted by atomic mass is 10.0. The van der Waals surface area contributed by atoms with Crippen LogP contribution in [-0.2, 0) is 0 Å². The summed E-state index contributed by atoms with van der Waals surface area (Å²) in [5.41, 5.74) is 0.259. The molecule has 1 aliphatic rings. The van der Waals surface area contributed by atoms with Crippen molar-refractivity contribution in [3.05, 3.63) is 35.4 Å². The Morgan fingerprint density at radius 3 is 2.53 bits per heavy atom. The molecule has 1 atom stereocenters. The molecule has 94 valence electrons. The maximum atomic E-state index is 13.7. The maximum Gasteiger partial charge on any atom is 0.128 e. The van der Waals surface area contributed by atoms with Crippen molar-refractivity contribution < 1.29 is 13.9 Å². The number of hydrogen-bond donors (Lipinski definition) is 1. The third-order valence-electron chi connectivity index (χ3n) is 3.32. The van der Waals surface area contributed by atoms with E-state index in [0.29, 0.717) is 0 Å². The molecule has 2 nitrogen and oxygen atoms in total. The molecule has 0 aromatic heterocycles. The number of rotatable bonds is 3. The Morgan fingerprint density at radius 1 is 1.18 bits per heavy atom. The smallest absolute Gasteiger partial charge is 0.128 e. The van der Waals surface area contributed by atoms with Crippen LogP contribution in [-0.4, -0.2) is 29.7 Å². The molecule has 1 saturated heterocycles. The molecule has 1 heterocycles. The quantitative estimate of drug-likeness (QED) is 0.878. The zero-order valence-corrected chi connectivity index (χ0v) is 9.70. The van der Waals surface area contributed by atoms with Crippen LogP contribution in [0.4, 0.5) is 8.78 Å². The maximum absolute atomic E-state index is 13.7. The van der Waals surface area contributed by atoms with Crippen LogP contribution in [0.2, 0.25) is 0 Å². The number of nitrogens with zero attached hydrogens (tertiary/aromatic N) is 1. The van der Waals surface area contributed by atoms with E-state index in [2.05, 4.69) is 0 Å². The lowest BCUT2D eigenvalue weighted by Gasteiger charge is -2.33. The highest BCUT2D eigenvalue weighted by Gasteiger charge is 2.24. The summed E-state index contributed by atoms with van der Waals surface area (Å²) >= 11 is 0. The summed E-state index contributed by atoms with van der Waals surface area (Å²) in [6.45, 7) is 1.49. The van der Waals surface area contributed by atoms with Gasteiger partial charge in [-0.3, -0.25) is 4.90 Å². The normalized spacial score (nSPS) is 19.2. The van der Waals surface area contributed by atoms with Gasteiger partial charge in [0, 0.05) is 5.56 Å². The molecule has 1 aromatic carbocycles. The number of aliphatic hydroxyl groups is 1. The van der Waals surface area contributed by atoms with Crippen molar-refractivity contribution in [2.75, 3.05) is 19.7 Å². The van der Waals surface area contributed by atoms with Gasteiger partial charge in [0.15, 0.2) is 0 Å². The number of hydrogen-bond acceptors (Lipinski definition) is 2. The molecule has 4 heteroatoms. The standard InChI is InChI=1S/C13H17F2NO/c14-10-4-5-12(15)11(8-10)13(9-17)16-6-2-1-3-7-16/h4-5,8,13,17H,1-3,6-7,9H2. The van der Waals surface area contributed by atoms with Crippen molar-refractivity contribution in [2.45, 2.75) is 25.3 Å². The van der Waals surface area contributed by atoms with Crippen LogP contribution in [0.3, 0.4) is 0 Å². The predicted octanol–water partition coefficient (Wildman–Crippen LogP) is 2.48. The first kappa shape index (κ1) is 12.5. The summed E-state index contributed by atoms with van der Waals surface area (Å²) in [6, 6.07) is 2.98. The second-order valence-corrected chi connectivity index (χ2v) is 4.46. The van der Waals surface area contributed by atoms with Gasteiger partial charge < -0.3 is 5.11 Å². The van der Waals surface area contributed by atoms with Gasteiger partial charge in [0.2, 0.25) is 0 Å². The van der Waals surface area contributed by atoms with Crippen molar-refractivity contribution >= 4 is 0 Å². The zero-order valence-electron chi connectivity index (χ0n) is 9.70. The Balaban J connectivity index is 2.24. The molecule has 1 fully saturated rings. The van der Waals surface area contributed by atoms with E-state index in [-0.39, 0.29) is 12.2 Å². The van der Waals surface area contributed by atoms with E-state index in [1.807, 2.05) is 4.90 Å². The zero-order chi connectivity index (χ0) is 12.3. The molecule has 0 radical (unpaired) electrons. The monoisotopic (exact) mass is 241 g/mol. The van der Waals surface area contributed by atoms with E-state index in [4.69, 9.17) is 0 Å². The van der Waals surface area contributed by atoms with Gasteiger partial charge in [-0.1, -0.05) is 6.42 Å². The molecule has 0 saturated carbocycles. The molecule has 17 heavy (non-hydrogen) atoms. The summed E-state index contributed by atoms with van der Waals surface area (Å²) < 4.78 is 26.8. The van der Waals surface area contributed by atoms with Gasteiger partial charge >= 0.3 is 0 Å². The molecule has 1 unspecified atom stereocenters. The van der Waals surface area contributed by atoms with E-state index < -0.39 is 17.7 Å². The third-order valence-corrected chi connectivity index (χ3v) is 3.32. The summed E-state index contributed by atoms with van der Waals surface area (Å²) in [4.78, 5) is 2.03. The minimum absolute atomic E-state index is 0.180. The van der Waals surface area contributed by atoms with Crippen molar-refractivity contribution in [1.29, 1.82) is 0 Å². The second-order valence-electron chi connectivity index (χ2n) is 4.46. The molecule has 0 aliphatic carbocycles. The Hall–Kier alpha value is -1.00.